The lowest BCUT2D eigenvalue weighted by Gasteiger charge is -2.19. The van der Waals surface area contributed by atoms with E-state index >= 15 is 0 Å². The van der Waals surface area contributed by atoms with E-state index in [-0.39, 0.29) is 11.9 Å². The lowest BCUT2D eigenvalue weighted by Crippen LogP contribution is -2.33. The summed E-state index contributed by atoms with van der Waals surface area (Å²) in [6.45, 7) is 4.24. The topological polar surface area (TPSA) is 69.0 Å². The van der Waals surface area contributed by atoms with Crippen LogP contribution in [-0.2, 0) is 11.8 Å². The second-order valence-corrected chi connectivity index (χ2v) is 6.18. The van der Waals surface area contributed by atoms with E-state index in [1.807, 2.05) is 51.2 Å². The fourth-order valence-corrected chi connectivity index (χ4v) is 2.95. The summed E-state index contributed by atoms with van der Waals surface area (Å²) in [4.78, 5) is 17.4. The third-order valence-corrected chi connectivity index (χ3v) is 4.26. The summed E-state index contributed by atoms with van der Waals surface area (Å²) < 4.78 is 7.00. The van der Waals surface area contributed by atoms with Gasteiger partial charge < -0.3 is 10.1 Å². The molecule has 3 aromatic rings. The maximum absolute atomic E-state index is 12.8. The van der Waals surface area contributed by atoms with E-state index in [2.05, 4.69) is 15.4 Å². The molecule has 6 nitrogen and oxygen atoms in total. The SMILES string of the molecule is COCC(NC(=O)c1cc2cc(C)ccc2nc1C)c1ccnn1C. The van der Waals surface area contributed by atoms with Crippen LogP contribution in [0, 0.1) is 13.8 Å². The van der Waals surface area contributed by atoms with E-state index < -0.39 is 0 Å². The molecule has 0 spiro atoms. The Morgan fingerprint density at radius 2 is 2.08 bits per heavy atom. The summed E-state index contributed by atoms with van der Waals surface area (Å²) in [5.41, 5.74) is 4.19. The zero-order valence-electron chi connectivity index (χ0n) is 14.9. The van der Waals surface area contributed by atoms with E-state index in [0.29, 0.717) is 17.9 Å². The molecule has 1 amide bonds. The molecule has 0 fully saturated rings. The minimum absolute atomic E-state index is 0.170. The van der Waals surface area contributed by atoms with Gasteiger partial charge in [-0.3, -0.25) is 14.5 Å². The van der Waals surface area contributed by atoms with Crippen molar-refractivity contribution in [3.8, 4) is 0 Å². The quantitative estimate of drug-likeness (QED) is 0.776. The van der Waals surface area contributed by atoms with Crippen LogP contribution in [0.25, 0.3) is 10.9 Å². The van der Waals surface area contributed by atoms with E-state index in [4.69, 9.17) is 4.74 Å². The van der Waals surface area contributed by atoms with Gasteiger partial charge in [0.25, 0.3) is 5.91 Å². The van der Waals surface area contributed by atoms with Gasteiger partial charge in [0, 0.05) is 25.7 Å². The molecule has 1 aromatic carbocycles. The maximum atomic E-state index is 12.8. The van der Waals surface area contributed by atoms with Crippen molar-refractivity contribution in [2.24, 2.45) is 7.05 Å². The first-order chi connectivity index (χ1) is 12.0. The van der Waals surface area contributed by atoms with Crippen molar-refractivity contribution in [3.05, 3.63) is 59.0 Å². The highest BCUT2D eigenvalue weighted by atomic mass is 16.5. The lowest BCUT2D eigenvalue weighted by molar-refractivity contribution is 0.0891. The summed E-state index contributed by atoms with van der Waals surface area (Å²) in [6, 6.07) is 9.52. The molecule has 0 aliphatic rings. The van der Waals surface area contributed by atoms with E-state index in [9.17, 15) is 4.79 Å². The van der Waals surface area contributed by atoms with Gasteiger partial charge in [-0.2, -0.15) is 5.10 Å². The summed E-state index contributed by atoms with van der Waals surface area (Å²) in [7, 11) is 3.46. The molecular weight excluding hydrogens is 316 g/mol. The molecule has 3 rings (SSSR count). The normalized spacial score (nSPS) is 12.3. The number of fused-ring (bicyclic) bond motifs is 1. The fraction of sp³-hybridized carbons (Fsp3) is 0.316. The monoisotopic (exact) mass is 338 g/mol. The Morgan fingerprint density at radius 1 is 1.28 bits per heavy atom. The van der Waals surface area contributed by atoms with Crippen molar-refractivity contribution >= 4 is 16.8 Å². The summed E-state index contributed by atoms with van der Waals surface area (Å²) in [5.74, 6) is -0.170. The molecule has 0 aliphatic carbocycles. The van der Waals surface area contributed by atoms with Crippen LogP contribution in [0.1, 0.15) is 33.4 Å². The van der Waals surface area contributed by atoms with Crippen LogP contribution in [0.15, 0.2) is 36.5 Å². The predicted molar refractivity (Wildman–Crippen MR) is 96.5 cm³/mol. The molecular formula is C19H22N4O2. The van der Waals surface area contributed by atoms with Crippen molar-refractivity contribution in [2.45, 2.75) is 19.9 Å². The first kappa shape index (κ1) is 17.1. The van der Waals surface area contributed by atoms with Crippen LogP contribution in [0.4, 0.5) is 0 Å². The third kappa shape index (κ3) is 3.53. The molecule has 6 heteroatoms. The first-order valence-electron chi connectivity index (χ1n) is 8.15. The Labute approximate surface area is 146 Å². The first-order valence-corrected chi connectivity index (χ1v) is 8.15. The number of carbonyl (C=O) groups is 1. The number of ether oxygens (including phenoxy) is 1. The second kappa shape index (κ2) is 7.03. The maximum Gasteiger partial charge on any atom is 0.253 e. The number of aryl methyl sites for hydroxylation is 3. The van der Waals surface area contributed by atoms with Gasteiger partial charge in [-0.15, -0.1) is 0 Å². The molecule has 1 atom stereocenters. The van der Waals surface area contributed by atoms with E-state index in [0.717, 1.165) is 22.2 Å². The minimum Gasteiger partial charge on any atom is -0.382 e. The fourth-order valence-electron chi connectivity index (χ4n) is 2.95. The zero-order chi connectivity index (χ0) is 18.0. The van der Waals surface area contributed by atoms with Crippen LogP contribution in [0.2, 0.25) is 0 Å². The average Bonchev–Trinajstić information content (AvgIpc) is 3.00. The number of nitrogens with one attached hydrogen (secondary N) is 1. The third-order valence-electron chi connectivity index (χ3n) is 4.26. The van der Waals surface area contributed by atoms with Crippen molar-refractivity contribution in [1.82, 2.24) is 20.1 Å². The number of rotatable bonds is 5. The highest BCUT2D eigenvalue weighted by Crippen LogP contribution is 2.19. The molecule has 0 bridgehead atoms. The molecule has 0 saturated carbocycles. The van der Waals surface area contributed by atoms with Gasteiger partial charge in [-0.25, -0.2) is 0 Å². The number of carbonyl (C=O) groups excluding carboxylic acids is 1. The standard InChI is InChI=1S/C19H22N4O2/c1-12-5-6-16-14(9-12)10-15(13(2)21-16)19(24)22-17(11-25-4)18-7-8-20-23(18)3/h5-10,17H,11H2,1-4H3,(H,22,24). The molecule has 0 radical (unpaired) electrons. The second-order valence-electron chi connectivity index (χ2n) is 6.18. The van der Waals surface area contributed by atoms with Gasteiger partial charge >= 0.3 is 0 Å². The molecule has 2 heterocycles. The van der Waals surface area contributed by atoms with Crippen molar-refractivity contribution < 1.29 is 9.53 Å². The average molecular weight is 338 g/mol. The largest absolute Gasteiger partial charge is 0.382 e. The molecule has 0 aliphatic heterocycles. The Bertz CT molecular complexity index is 917. The Balaban J connectivity index is 1.92. The van der Waals surface area contributed by atoms with Crippen molar-refractivity contribution in [1.29, 1.82) is 0 Å². The van der Waals surface area contributed by atoms with Gasteiger partial charge in [0.2, 0.25) is 0 Å². The van der Waals surface area contributed by atoms with Gasteiger partial charge in [-0.05, 0) is 38.1 Å². The van der Waals surface area contributed by atoms with E-state index in [1.165, 1.54) is 0 Å². The van der Waals surface area contributed by atoms with Crippen molar-refractivity contribution in [3.63, 3.8) is 0 Å². The van der Waals surface area contributed by atoms with Crippen LogP contribution in [0.3, 0.4) is 0 Å². The number of amides is 1. The zero-order valence-corrected chi connectivity index (χ0v) is 14.9. The number of hydrogen-bond donors (Lipinski definition) is 1. The van der Waals surface area contributed by atoms with Crippen molar-refractivity contribution in [2.75, 3.05) is 13.7 Å². The molecule has 0 saturated heterocycles. The summed E-state index contributed by atoms with van der Waals surface area (Å²) in [5, 5.41) is 8.16. The smallest absolute Gasteiger partial charge is 0.253 e. The highest BCUT2D eigenvalue weighted by molar-refractivity contribution is 5.98. The van der Waals surface area contributed by atoms with Crippen LogP contribution in [0.5, 0.6) is 0 Å². The van der Waals surface area contributed by atoms with Crippen LogP contribution < -0.4 is 5.32 Å². The number of pyridine rings is 1. The lowest BCUT2D eigenvalue weighted by atomic mass is 10.1. The Hall–Kier alpha value is -2.73. The molecule has 2 aromatic heterocycles. The molecule has 130 valence electrons. The number of nitrogens with zero attached hydrogens (tertiary/aromatic N) is 3. The number of hydrogen-bond acceptors (Lipinski definition) is 4. The summed E-state index contributed by atoms with van der Waals surface area (Å²) >= 11 is 0. The summed E-state index contributed by atoms with van der Waals surface area (Å²) in [6.07, 6.45) is 1.70. The van der Waals surface area contributed by atoms with E-state index in [1.54, 1.807) is 18.0 Å². The minimum atomic E-state index is -0.280. The van der Waals surface area contributed by atoms with Gasteiger partial charge in [0.1, 0.15) is 0 Å². The number of benzene rings is 1. The van der Waals surface area contributed by atoms with Gasteiger partial charge in [0.15, 0.2) is 0 Å². The van der Waals surface area contributed by atoms with Gasteiger partial charge in [-0.1, -0.05) is 11.6 Å². The van der Waals surface area contributed by atoms with Crippen LogP contribution >= 0.6 is 0 Å². The predicted octanol–water partition coefficient (Wildman–Crippen LogP) is 2.70. The Morgan fingerprint density at radius 3 is 2.76 bits per heavy atom. The number of aromatic nitrogens is 3. The Kier molecular flexibility index (Phi) is 4.81. The number of methoxy groups -OCH3 is 1. The molecule has 25 heavy (non-hydrogen) atoms. The molecule has 1 unspecified atom stereocenters. The van der Waals surface area contributed by atoms with Crippen LogP contribution in [-0.4, -0.2) is 34.4 Å². The highest BCUT2D eigenvalue weighted by Gasteiger charge is 2.20. The van der Waals surface area contributed by atoms with Gasteiger partial charge in [0.05, 0.1) is 35.1 Å². The molecule has 1 N–H and O–H groups in total.